The molecule has 1 aromatic carbocycles. The number of carbonyl (C=O) groups is 1. The fraction of sp³-hybridized carbons (Fsp3) is 0.471. The van der Waals surface area contributed by atoms with Crippen molar-refractivity contribution in [3.63, 3.8) is 0 Å². The highest BCUT2D eigenvalue weighted by atomic mass is 32.2. The van der Waals surface area contributed by atoms with Crippen molar-refractivity contribution in [1.82, 2.24) is 14.9 Å². The molecular formula is C17H24N4O3S2. The number of hydrogen-bond acceptors (Lipinski definition) is 6. The molecule has 26 heavy (non-hydrogen) atoms. The van der Waals surface area contributed by atoms with Gasteiger partial charge in [0.15, 0.2) is 0 Å². The van der Waals surface area contributed by atoms with E-state index in [9.17, 15) is 13.2 Å². The van der Waals surface area contributed by atoms with Crippen LogP contribution in [0.5, 0.6) is 0 Å². The molecule has 0 aliphatic rings. The van der Waals surface area contributed by atoms with Gasteiger partial charge in [-0.1, -0.05) is 49.3 Å². The van der Waals surface area contributed by atoms with E-state index >= 15 is 0 Å². The summed E-state index contributed by atoms with van der Waals surface area (Å²) in [7, 11) is -3.54. The van der Waals surface area contributed by atoms with Gasteiger partial charge in [-0.05, 0) is 25.5 Å². The number of rotatable bonds is 9. The van der Waals surface area contributed by atoms with Gasteiger partial charge in [0.2, 0.25) is 21.1 Å². The van der Waals surface area contributed by atoms with Crippen LogP contribution in [0.1, 0.15) is 37.3 Å². The molecule has 0 aliphatic heterocycles. The van der Waals surface area contributed by atoms with Gasteiger partial charge in [-0.3, -0.25) is 4.79 Å². The van der Waals surface area contributed by atoms with E-state index < -0.39 is 10.0 Å². The first-order valence-corrected chi connectivity index (χ1v) is 10.8. The van der Waals surface area contributed by atoms with Crippen molar-refractivity contribution < 1.29 is 13.2 Å². The van der Waals surface area contributed by atoms with E-state index in [1.807, 2.05) is 20.8 Å². The van der Waals surface area contributed by atoms with Crippen LogP contribution in [0.25, 0.3) is 0 Å². The molecule has 1 unspecified atom stereocenters. The van der Waals surface area contributed by atoms with Crippen molar-refractivity contribution in [3.8, 4) is 0 Å². The molecule has 0 spiro atoms. The lowest BCUT2D eigenvalue weighted by atomic mass is 10.1. The van der Waals surface area contributed by atoms with Gasteiger partial charge in [-0.2, -0.15) is 0 Å². The summed E-state index contributed by atoms with van der Waals surface area (Å²) in [5.41, 5.74) is 1.00. The molecule has 1 aromatic heterocycles. The number of benzene rings is 1. The van der Waals surface area contributed by atoms with Crippen LogP contribution in [0, 0.1) is 12.8 Å². The summed E-state index contributed by atoms with van der Waals surface area (Å²) >= 11 is 1.26. The second kappa shape index (κ2) is 9.20. The molecule has 9 heteroatoms. The normalized spacial score (nSPS) is 12.7. The maximum Gasteiger partial charge on any atom is 0.240 e. The molecule has 7 nitrogen and oxygen atoms in total. The zero-order valence-corrected chi connectivity index (χ0v) is 16.8. The highest BCUT2D eigenvalue weighted by Gasteiger charge is 2.16. The fourth-order valence-corrected chi connectivity index (χ4v) is 4.07. The topological polar surface area (TPSA) is 101 Å². The summed E-state index contributed by atoms with van der Waals surface area (Å²) < 4.78 is 27.0. The Kier molecular flexibility index (Phi) is 7.24. The Bertz CT molecular complexity index is 832. The average molecular weight is 397 g/mol. The van der Waals surface area contributed by atoms with Crippen LogP contribution in [0.2, 0.25) is 0 Å². The minimum Gasteiger partial charge on any atom is -0.300 e. The summed E-state index contributed by atoms with van der Waals surface area (Å²) in [5, 5.41) is 11.8. The first-order valence-electron chi connectivity index (χ1n) is 8.51. The highest BCUT2D eigenvalue weighted by Crippen LogP contribution is 2.18. The maximum absolute atomic E-state index is 12.2. The molecule has 2 N–H and O–H groups in total. The molecule has 0 saturated carbocycles. The lowest BCUT2D eigenvalue weighted by molar-refractivity contribution is -0.119. The van der Waals surface area contributed by atoms with Crippen molar-refractivity contribution in [2.45, 2.75) is 44.9 Å². The van der Waals surface area contributed by atoms with Crippen LogP contribution in [-0.4, -0.2) is 31.1 Å². The Morgan fingerprint density at radius 3 is 2.58 bits per heavy atom. The molecule has 1 heterocycles. The Hall–Kier alpha value is -1.84. The van der Waals surface area contributed by atoms with E-state index in [0.717, 1.165) is 18.4 Å². The largest absolute Gasteiger partial charge is 0.300 e. The maximum atomic E-state index is 12.2. The van der Waals surface area contributed by atoms with Crippen LogP contribution < -0.4 is 10.0 Å². The molecule has 0 bridgehead atoms. The van der Waals surface area contributed by atoms with Crippen LogP contribution >= 0.6 is 11.3 Å². The molecule has 0 aliphatic carbocycles. The Balaban J connectivity index is 1.86. The third-order valence-electron chi connectivity index (χ3n) is 3.83. The molecule has 1 amide bonds. The van der Waals surface area contributed by atoms with Gasteiger partial charge in [0.25, 0.3) is 0 Å². The SMILES string of the molecule is CCCC(C)C(=O)Nc1nnc(CCNS(=O)(=O)c2ccc(C)cc2)s1. The molecular weight excluding hydrogens is 372 g/mol. The molecule has 0 radical (unpaired) electrons. The number of hydrogen-bond donors (Lipinski definition) is 2. The lowest BCUT2D eigenvalue weighted by Gasteiger charge is -2.08. The van der Waals surface area contributed by atoms with Gasteiger partial charge in [-0.15, -0.1) is 10.2 Å². The summed E-state index contributed by atoms with van der Waals surface area (Å²) in [6.45, 7) is 6.02. The summed E-state index contributed by atoms with van der Waals surface area (Å²) in [6, 6.07) is 6.67. The van der Waals surface area contributed by atoms with Gasteiger partial charge in [0.1, 0.15) is 5.01 Å². The third-order valence-corrected chi connectivity index (χ3v) is 6.20. The average Bonchev–Trinajstić information content (AvgIpc) is 3.02. The lowest BCUT2D eigenvalue weighted by Crippen LogP contribution is -2.25. The second-order valence-electron chi connectivity index (χ2n) is 6.14. The first kappa shape index (κ1) is 20.5. The van der Waals surface area contributed by atoms with Crippen molar-refractivity contribution >= 4 is 32.4 Å². The Morgan fingerprint density at radius 2 is 1.92 bits per heavy atom. The molecule has 0 saturated heterocycles. The van der Waals surface area contributed by atoms with Gasteiger partial charge >= 0.3 is 0 Å². The number of anilines is 1. The number of sulfonamides is 1. The van der Waals surface area contributed by atoms with E-state index in [1.165, 1.54) is 11.3 Å². The number of amides is 1. The predicted molar refractivity (Wildman–Crippen MR) is 103 cm³/mol. The van der Waals surface area contributed by atoms with Crippen LogP contribution in [-0.2, 0) is 21.2 Å². The Morgan fingerprint density at radius 1 is 1.23 bits per heavy atom. The molecule has 2 rings (SSSR count). The van der Waals surface area contributed by atoms with Crippen LogP contribution in [0.15, 0.2) is 29.2 Å². The standard InChI is InChI=1S/C17H24N4O3S2/c1-4-5-13(3)16(22)19-17-21-20-15(25-17)10-11-18-26(23,24)14-8-6-12(2)7-9-14/h6-9,13,18H,4-5,10-11H2,1-3H3,(H,19,21,22). The third kappa shape index (κ3) is 5.86. The van der Waals surface area contributed by atoms with Gasteiger partial charge in [0.05, 0.1) is 4.90 Å². The monoisotopic (exact) mass is 396 g/mol. The zero-order valence-electron chi connectivity index (χ0n) is 15.2. The van der Waals surface area contributed by atoms with Crippen molar-refractivity contribution in [2.24, 2.45) is 5.92 Å². The van der Waals surface area contributed by atoms with E-state index in [0.29, 0.717) is 16.6 Å². The minimum atomic E-state index is -3.54. The van der Waals surface area contributed by atoms with E-state index in [1.54, 1.807) is 24.3 Å². The predicted octanol–water partition coefficient (Wildman–Crippen LogP) is 2.74. The summed E-state index contributed by atoms with van der Waals surface area (Å²) in [5.74, 6) is -0.150. The molecule has 1 atom stereocenters. The fourth-order valence-electron chi connectivity index (χ4n) is 2.29. The Labute approximate surface area is 158 Å². The van der Waals surface area contributed by atoms with Gasteiger partial charge in [-0.25, -0.2) is 13.1 Å². The zero-order chi connectivity index (χ0) is 19.2. The number of aromatic nitrogens is 2. The van der Waals surface area contributed by atoms with Crippen molar-refractivity contribution in [1.29, 1.82) is 0 Å². The summed E-state index contributed by atoms with van der Waals surface area (Å²) in [6.07, 6.45) is 2.17. The van der Waals surface area contributed by atoms with Gasteiger partial charge in [0, 0.05) is 18.9 Å². The minimum absolute atomic E-state index is 0.0744. The number of aryl methyl sites for hydroxylation is 1. The van der Waals surface area contributed by atoms with Crippen LogP contribution in [0.4, 0.5) is 5.13 Å². The van der Waals surface area contributed by atoms with E-state index in [2.05, 4.69) is 20.2 Å². The number of carbonyl (C=O) groups excluding carboxylic acids is 1. The smallest absolute Gasteiger partial charge is 0.240 e. The number of nitrogens with one attached hydrogen (secondary N) is 2. The molecule has 0 fully saturated rings. The van der Waals surface area contributed by atoms with Crippen molar-refractivity contribution in [2.75, 3.05) is 11.9 Å². The van der Waals surface area contributed by atoms with E-state index in [4.69, 9.17) is 0 Å². The van der Waals surface area contributed by atoms with Crippen LogP contribution in [0.3, 0.4) is 0 Å². The van der Waals surface area contributed by atoms with E-state index in [-0.39, 0.29) is 23.3 Å². The summed E-state index contributed by atoms with van der Waals surface area (Å²) in [4.78, 5) is 12.2. The molecule has 142 valence electrons. The highest BCUT2D eigenvalue weighted by molar-refractivity contribution is 7.89. The quantitative estimate of drug-likeness (QED) is 0.679. The second-order valence-corrected chi connectivity index (χ2v) is 8.97. The number of nitrogens with zero attached hydrogens (tertiary/aromatic N) is 2. The van der Waals surface area contributed by atoms with Crippen molar-refractivity contribution in [3.05, 3.63) is 34.8 Å². The molecule has 2 aromatic rings. The van der Waals surface area contributed by atoms with Gasteiger partial charge < -0.3 is 5.32 Å². The first-order chi connectivity index (χ1) is 12.3.